The van der Waals surface area contributed by atoms with E-state index in [1.54, 1.807) is 7.05 Å². The number of nitrogens with zero attached hydrogens (tertiary/aromatic N) is 1. The zero-order valence-electron chi connectivity index (χ0n) is 15.4. The molecule has 2 aromatic rings. The molecule has 0 amide bonds. The van der Waals surface area contributed by atoms with Gasteiger partial charge in [-0.15, -0.1) is 0 Å². The van der Waals surface area contributed by atoms with Crippen LogP contribution in [-0.2, 0) is 27.6 Å². The first-order valence-corrected chi connectivity index (χ1v) is 10.2. The van der Waals surface area contributed by atoms with E-state index in [9.17, 15) is 21.6 Å². The molecule has 28 heavy (non-hydrogen) atoms. The molecule has 1 fully saturated rings. The Labute approximate surface area is 162 Å². The van der Waals surface area contributed by atoms with E-state index in [1.807, 2.05) is 31.2 Å². The van der Waals surface area contributed by atoms with Crippen molar-refractivity contribution in [3.8, 4) is 0 Å². The van der Waals surface area contributed by atoms with Crippen LogP contribution < -0.4 is 4.72 Å². The minimum atomic E-state index is -4.45. The van der Waals surface area contributed by atoms with E-state index < -0.39 is 33.1 Å². The molecular weight excluding hydrogens is 393 g/mol. The van der Waals surface area contributed by atoms with Crippen LogP contribution in [0.3, 0.4) is 0 Å². The van der Waals surface area contributed by atoms with Crippen molar-refractivity contribution in [2.24, 2.45) is 0 Å². The summed E-state index contributed by atoms with van der Waals surface area (Å²) >= 11 is 0. The van der Waals surface area contributed by atoms with Crippen LogP contribution in [0, 0.1) is 6.92 Å². The fraction of sp³-hybridized carbons (Fsp3) is 0.368. The number of rotatable bonds is 5. The predicted molar refractivity (Wildman–Crippen MR) is 98.6 cm³/mol. The minimum absolute atomic E-state index is 0.0780. The normalized spacial score (nSPS) is 21.2. The summed E-state index contributed by atoms with van der Waals surface area (Å²) < 4.78 is 66.6. The highest BCUT2D eigenvalue weighted by atomic mass is 32.2. The highest BCUT2D eigenvalue weighted by molar-refractivity contribution is 7.90. The molecule has 0 bridgehead atoms. The molecule has 5 nitrogen and oxygen atoms in total. The number of sulfonamides is 1. The van der Waals surface area contributed by atoms with Crippen LogP contribution in [0.4, 0.5) is 13.2 Å². The largest absolute Gasteiger partial charge is 0.416 e. The number of hydrogen-bond acceptors (Lipinski definition) is 4. The standard InChI is InChI=1S/C19H21F3N2O3S/c1-13-4-3-5-14(10-13)11-23-28(25,26)17-12-27-24(2)18(17)15-6-8-16(9-7-15)19(20,21)22/h3-10,17-18,23H,11-12H2,1-2H3. The topological polar surface area (TPSA) is 58.6 Å². The Morgan fingerprint density at radius 1 is 1.18 bits per heavy atom. The Balaban J connectivity index is 1.79. The molecule has 9 heteroatoms. The van der Waals surface area contributed by atoms with E-state index in [0.29, 0.717) is 5.56 Å². The molecule has 3 rings (SSSR count). The molecule has 0 spiro atoms. The van der Waals surface area contributed by atoms with Gasteiger partial charge in [-0.05, 0) is 30.2 Å². The summed E-state index contributed by atoms with van der Waals surface area (Å²) in [5.41, 5.74) is 1.50. The maximum absolute atomic E-state index is 12.8. The van der Waals surface area contributed by atoms with Gasteiger partial charge in [0.2, 0.25) is 10.0 Å². The molecule has 2 unspecified atom stereocenters. The van der Waals surface area contributed by atoms with Crippen molar-refractivity contribution in [3.63, 3.8) is 0 Å². The molecule has 0 saturated carbocycles. The SMILES string of the molecule is Cc1cccc(CNS(=O)(=O)C2CON(C)C2c2ccc(C(F)(F)F)cc2)c1. The van der Waals surface area contributed by atoms with Crippen molar-refractivity contribution >= 4 is 10.0 Å². The average molecular weight is 414 g/mol. The second kappa shape index (κ2) is 7.82. The Morgan fingerprint density at radius 2 is 1.86 bits per heavy atom. The lowest BCUT2D eigenvalue weighted by Crippen LogP contribution is -2.39. The molecule has 1 heterocycles. The van der Waals surface area contributed by atoms with Gasteiger partial charge in [-0.25, -0.2) is 13.1 Å². The van der Waals surface area contributed by atoms with Crippen LogP contribution in [0.25, 0.3) is 0 Å². The van der Waals surface area contributed by atoms with Crippen LogP contribution >= 0.6 is 0 Å². The molecule has 1 aliphatic heterocycles. The number of nitrogens with one attached hydrogen (secondary N) is 1. The van der Waals surface area contributed by atoms with Gasteiger partial charge in [0.15, 0.2) is 0 Å². The van der Waals surface area contributed by atoms with E-state index in [-0.39, 0.29) is 13.2 Å². The van der Waals surface area contributed by atoms with Crippen molar-refractivity contribution in [1.29, 1.82) is 0 Å². The van der Waals surface area contributed by atoms with Gasteiger partial charge in [0, 0.05) is 13.6 Å². The Hall–Kier alpha value is -1.94. The zero-order valence-corrected chi connectivity index (χ0v) is 16.2. The molecule has 1 saturated heterocycles. The zero-order chi connectivity index (χ0) is 20.5. The molecule has 2 atom stereocenters. The van der Waals surface area contributed by atoms with Gasteiger partial charge in [0.25, 0.3) is 0 Å². The molecule has 0 aromatic heterocycles. The number of benzene rings is 2. The quantitative estimate of drug-likeness (QED) is 0.815. The van der Waals surface area contributed by atoms with Gasteiger partial charge in [-0.3, -0.25) is 4.84 Å². The third-order valence-electron chi connectivity index (χ3n) is 4.72. The monoisotopic (exact) mass is 414 g/mol. The average Bonchev–Trinajstić information content (AvgIpc) is 3.02. The molecule has 152 valence electrons. The van der Waals surface area contributed by atoms with Gasteiger partial charge in [0.05, 0.1) is 18.2 Å². The van der Waals surface area contributed by atoms with E-state index in [0.717, 1.165) is 23.3 Å². The van der Waals surface area contributed by atoms with E-state index >= 15 is 0 Å². The van der Waals surface area contributed by atoms with Crippen LogP contribution in [0.5, 0.6) is 0 Å². The van der Waals surface area contributed by atoms with Crippen molar-refractivity contribution in [2.75, 3.05) is 13.7 Å². The first-order valence-electron chi connectivity index (χ1n) is 8.65. The van der Waals surface area contributed by atoms with Gasteiger partial charge < -0.3 is 0 Å². The van der Waals surface area contributed by atoms with Crippen LogP contribution in [0.15, 0.2) is 48.5 Å². The summed E-state index contributed by atoms with van der Waals surface area (Å²) in [6.45, 7) is 1.97. The first kappa shape index (κ1) is 20.8. The Morgan fingerprint density at radius 3 is 2.46 bits per heavy atom. The highest BCUT2D eigenvalue weighted by Crippen LogP contribution is 2.35. The predicted octanol–water partition coefficient (Wildman–Crippen LogP) is 3.42. The Kier molecular flexibility index (Phi) is 5.81. The Bertz CT molecular complexity index is 930. The third-order valence-corrected chi connectivity index (χ3v) is 6.46. The number of hydrogen-bond donors (Lipinski definition) is 1. The minimum Gasteiger partial charge on any atom is -0.297 e. The number of aryl methyl sites for hydroxylation is 1. The number of halogens is 3. The van der Waals surface area contributed by atoms with Crippen molar-refractivity contribution in [2.45, 2.75) is 30.9 Å². The molecule has 0 radical (unpaired) electrons. The summed E-state index contributed by atoms with van der Waals surface area (Å²) in [6, 6.07) is 11.2. The fourth-order valence-corrected chi connectivity index (χ4v) is 4.75. The van der Waals surface area contributed by atoms with Crippen molar-refractivity contribution in [1.82, 2.24) is 9.79 Å². The van der Waals surface area contributed by atoms with Gasteiger partial charge >= 0.3 is 6.18 Å². The van der Waals surface area contributed by atoms with E-state index in [1.165, 1.54) is 17.2 Å². The molecule has 0 aliphatic carbocycles. The summed E-state index contributed by atoms with van der Waals surface area (Å²) in [5.74, 6) is 0. The lowest BCUT2D eigenvalue weighted by molar-refractivity contribution is -0.137. The van der Waals surface area contributed by atoms with Gasteiger partial charge in [-0.2, -0.15) is 18.2 Å². The molecule has 1 N–H and O–H groups in total. The summed E-state index contributed by atoms with van der Waals surface area (Å²) in [4.78, 5) is 5.38. The summed E-state index contributed by atoms with van der Waals surface area (Å²) in [7, 11) is -2.21. The van der Waals surface area contributed by atoms with Gasteiger partial charge in [-0.1, -0.05) is 42.0 Å². The number of alkyl halides is 3. The fourth-order valence-electron chi connectivity index (χ4n) is 3.26. The summed E-state index contributed by atoms with van der Waals surface area (Å²) in [6.07, 6.45) is -4.45. The van der Waals surface area contributed by atoms with E-state index in [4.69, 9.17) is 4.84 Å². The molecule has 1 aliphatic rings. The number of hydroxylamine groups is 2. The van der Waals surface area contributed by atoms with Crippen LogP contribution in [0.1, 0.15) is 28.3 Å². The molecule has 2 aromatic carbocycles. The van der Waals surface area contributed by atoms with Crippen LogP contribution in [-0.4, -0.2) is 32.4 Å². The van der Waals surface area contributed by atoms with Crippen molar-refractivity contribution < 1.29 is 26.4 Å². The highest BCUT2D eigenvalue weighted by Gasteiger charge is 2.43. The van der Waals surface area contributed by atoms with Gasteiger partial charge in [0.1, 0.15) is 5.25 Å². The van der Waals surface area contributed by atoms with Crippen molar-refractivity contribution in [3.05, 3.63) is 70.8 Å². The van der Waals surface area contributed by atoms with E-state index in [2.05, 4.69) is 4.72 Å². The second-order valence-electron chi connectivity index (χ2n) is 6.80. The first-order chi connectivity index (χ1) is 13.1. The smallest absolute Gasteiger partial charge is 0.297 e. The lowest BCUT2D eigenvalue weighted by atomic mass is 10.0. The maximum atomic E-state index is 12.8. The lowest BCUT2D eigenvalue weighted by Gasteiger charge is -2.23. The third kappa shape index (κ3) is 4.54. The van der Waals surface area contributed by atoms with Crippen LogP contribution in [0.2, 0.25) is 0 Å². The molecular formula is C19H21F3N2O3S. The maximum Gasteiger partial charge on any atom is 0.416 e. The summed E-state index contributed by atoms with van der Waals surface area (Å²) in [5, 5.41) is 0.429. The second-order valence-corrected chi connectivity index (χ2v) is 8.78.